The lowest BCUT2D eigenvalue weighted by Gasteiger charge is -2.26. The molecule has 0 aliphatic rings. The van der Waals surface area contributed by atoms with Crippen molar-refractivity contribution in [2.75, 3.05) is 18.9 Å². The van der Waals surface area contributed by atoms with Crippen molar-refractivity contribution >= 4 is 11.6 Å². The van der Waals surface area contributed by atoms with Crippen LogP contribution < -0.4 is 5.32 Å². The second-order valence-electron chi connectivity index (χ2n) is 5.50. The summed E-state index contributed by atoms with van der Waals surface area (Å²) in [5.74, 6) is 0.692. The maximum absolute atomic E-state index is 12.3. The molecule has 0 heterocycles. The first-order valence-corrected chi connectivity index (χ1v) is 7.06. The first-order chi connectivity index (χ1) is 8.95. The van der Waals surface area contributed by atoms with E-state index in [4.69, 9.17) is 0 Å². The summed E-state index contributed by atoms with van der Waals surface area (Å²) in [5, 5.41) is 3.23. The Bertz CT molecular complexity index is 398. The van der Waals surface area contributed by atoms with Gasteiger partial charge in [-0.1, -0.05) is 13.8 Å². The largest absolute Gasteiger partial charge is 0.385 e. The summed E-state index contributed by atoms with van der Waals surface area (Å²) < 4.78 is 0. The average Bonchev–Trinajstić information content (AvgIpc) is 2.37. The van der Waals surface area contributed by atoms with Crippen molar-refractivity contribution in [2.45, 2.75) is 40.2 Å². The molecule has 0 fully saturated rings. The Morgan fingerprint density at radius 2 is 1.79 bits per heavy atom. The van der Waals surface area contributed by atoms with E-state index in [-0.39, 0.29) is 11.9 Å². The van der Waals surface area contributed by atoms with Crippen molar-refractivity contribution in [3.8, 4) is 0 Å². The van der Waals surface area contributed by atoms with Crippen LogP contribution in [0.5, 0.6) is 0 Å². The Morgan fingerprint density at radius 1 is 1.21 bits per heavy atom. The number of anilines is 1. The number of carbonyl (C=O) groups is 1. The minimum Gasteiger partial charge on any atom is -0.385 e. The quantitative estimate of drug-likeness (QED) is 0.849. The molecule has 1 rings (SSSR count). The fraction of sp³-hybridized carbons (Fsp3) is 0.562. The minimum atomic E-state index is 0.0937. The van der Waals surface area contributed by atoms with Crippen LogP contribution in [0.4, 0.5) is 5.69 Å². The zero-order valence-corrected chi connectivity index (χ0v) is 12.7. The first kappa shape index (κ1) is 15.5. The van der Waals surface area contributed by atoms with Crippen molar-refractivity contribution < 1.29 is 4.79 Å². The lowest BCUT2D eigenvalue weighted by Crippen LogP contribution is -2.35. The molecule has 0 saturated carbocycles. The van der Waals surface area contributed by atoms with Crippen LogP contribution in [0, 0.1) is 5.92 Å². The van der Waals surface area contributed by atoms with Gasteiger partial charge in [0.15, 0.2) is 0 Å². The first-order valence-electron chi connectivity index (χ1n) is 7.06. The minimum absolute atomic E-state index is 0.0937. The van der Waals surface area contributed by atoms with Gasteiger partial charge in [-0.3, -0.25) is 4.79 Å². The Morgan fingerprint density at radius 3 is 2.26 bits per heavy atom. The third-order valence-corrected chi connectivity index (χ3v) is 3.31. The fourth-order valence-corrected chi connectivity index (χ4v) is 2.18. The third-order valence-electron chi connectivity index (χ3n) is 3.31. The molecule has 0 aromatic heterocycles. The summed E-state index contributed by atoms with van der Waals surface area (Å²) in [5.41, 5.74) is 1.80. The van der Waals surface area contributed by atoms with Gasteiger partial charge in [-0.25, -0.2) is 0 Å². The zero-order valence-electron chi connectivity index (χ0n) is 12.7. The second kappa shape index (κ2) is 7.17. The van der Waals surface area contributed by atoms with E-state index in [1.165, 1.54) is 0 Å². The predicted octanol–water partition coefficient (Wildman–Crippen LogP) is 3.63. The number of benzene rings is 1. The van der Waals surface area contributed by atoms with Gasteiger partial charge in [0.1, 0.15) is 0 Å². The summed E-state index contributed by atoms with van der Waals surface area (Å²) in [6.45, 7) is 9.41. The lowest BCUT2D eigenvalue weighted by atomic mass is 10.0. The topological polar surface area (TPSA) is 32.3 Å². The van der Waals surface area contributed by atoms with Crippen molar-refractivity contribution in [3.63, 3.8) is 0 Å². The van der Waals surface area contributed by atoms with Crippen LogP contribution in [0.15, 0.2) is 24.3 Å². The summed E-state index contributed by atoms with van der Waals surface area (Å²) in [7, 11) is 1.88. The van der Waals surface area contributed by atoms with Crippen molar-refractivity contribution in [2.24, 2.45) is 5.92 Å². The Hall–Kier alpha value is -1.51. The zero-order chi connectivity index (χ0) is 14.4. The molecule has 106 valence electrons. The second-order valence-corrected chi connectivity index (χ2v) is 5.50. The molecule has 1 N–H and O–H groups in total. The van der Waals surface area contributed by atoms with Gasteiger partial charge in [0.25, 0.3) is 5.91 Å². The molecule has 0 aliphatic heterocycles. The monoisotopic (exact) mass is 262 g/mol. The Labute approximate surface area is 117 Å². The van der Waals surface area contributed by atoms with Crippen molar-refractivity contribution in [1.29, 1.82) is 0 Å². The molecule has 3 nitrogen and oxygen atoms in total. The van der Waals surface area contributed by atoms with Crippen LogP contribution in [-0.4, -0.2) is 30.4 Å². The molecule has 0 aliphatic carbocycles. The predicted molar refractivity (Wildman–Crippen MR) is 81.6 cm³/mol. The van der Waals surface area contributed by atoms with E-state index < -0.39 is 0 Å². The smallest absolute Gasteiger partial charge is 0.253 e. The number of rotatable bonds is 6. The van der Waals surface area contributed by atoms with Gasteiger partial charge in [0.05, 0.1) is 0 Å². The molecule has 1 amide bonds. The van der Waals surface area contributed by atoms with Crippen molar-refractivity contribution in [1.82, 2.24) is 4.90 Å². The molecule has 3 heteroatoms. The maximum atomic E-state index is 12.3. The molecule has 1 aromatic rings. The van der Waals surface area contributed by atoms with Crippen LogP contribution in [0.1, 0.15) is 44.5 Å². The molecule has 19 heavy (non-hydrogen) atoms. The summed E-state index contributed by atoms with van der Waals surface area (Å²) in [4.78, 5) is 14.2. The molecular formula is C16H26N2O. The number of carbonyl (C=O) groups excluding carboxylic acids is 1. The van der Waals surface area contributed by atoms with Gasteiger partial charge in [0.2, 0.25) is 0 Å². The number of nitrogens with zero attached hydrogens (tertiary/aromatic N) is 1. The molecule has 1 unspecified atom stereocenters. The highest BCUT2D eigenvalue weighted by Crippen LogP contribution is 2.15. The maximum Gasteiger partial charge on any atom is 0.253 e. The highest BCUT2D eigenvalue weighted by atomic mass is 16.2. The van der Waals surface area contributed by atoms with Gasteiger partial charge < -0.3 is 10.2 Å². The van der Waals surface area contributed by atoms with Gasteiger partial charge in [0, 0.05) is 30.9 Å². The number of nitrogens with one attached hydrogen (secondary N) is 1. The van der Waals surface area contributed by atoms with Crippen LogP contribution in [0.25, 0.3) is 0 Å². The standard InChI is InChI=1S/C16H26N2O/c1-6-17-15-9-7-14(8-10-15)16(19)18(5)13(4)11-12(2)3/h7-10,12-13,17H,6,11H2,1-5H3. The fourth-order valence-electron chi connectivity index (χ4n) is 2.18. The highest BCUT2D eigenvalue weighted by molar-refractivity contribution is 5.94. The molecule has 0 spiro atoms. The normalized spacial score (nSPS) is 12.3. The van der Waals surface area contributed by atoms with Gasteiger partial charge in [-0.05, 0) is 50.5 Å². The number of hydrogen-bond donors (Lipinski definition) is 1. The van der Waals surface area contributed by atoms with Crippen LogP contribution >= 0.6 is 0 Å². The third kappa shape index (κ3) is 4.58. The summed E-state index contributed by atoms with van der Waals surface area (Å²) in [6, 6.07) is 7.95. The average molecular weight is 262 g/mol. The highest BCUT2D eigenvalue weighted by Gasteiger charge is 2.18. The Balaban J connectivity index is 2.70. The molecule has 1 atom stereocenters. The molecule has 0 bridgehead atoms. The molecule has 0 radical (unpaired) electrons. The number of hydrogen-bond acceptors (Lipinski definition) is 2. The van der Waals surface area contributed by atoms with E-state index in [0.717, 1.165) is 24.2 Å². The van der Waals surface area contributed by atoms with E-state index in [9.17, 15) is 4.79 Å². The lowest BCUT2D eigenvalue weighted by molar-refractivity contribution is 0.0728. The summed E-state index contributed by atoms with van der Waals surface area (Å²) in [6.07, 6.45) is 1.03. The van der Waals surface area contributed by atoms with E-state index in [1.54, 1.807) is 0 Å². The molecular weight excluding hydrogens is 236 g/mol. The van der Waals surface area contributed by atoms with Gasteiger partial charge >= 0.3 is 0 Å². The van der Waals surface area contributed by atoms with Crippen LogP contribution in [0.2, 0.25) is 0 Å². The van der Waals surface area contributed by atoms with E-state index >= 15 is 0 Å². The summed E-state index contributed by atoms with van der Waals surface area (Å²) >= 11 is 0. The van der Waals surface area contributed by atoms with Crippen molar-refractivity contribution in [3.05, 3.63) is 29.8 Å². The van der Waals surface area contributed by atoms with E-state index in [2.05, 4.69) is 33.0 Å². The molecule has 1 aromatic carbocycles. The van der Waals surface area contributed by atoms with Crippen LogP contribution in [0.3, 0.4) is 0 Å². The van der Waals surface area contributed by atoms with E-state index in [0.29, 0.717) is 5.92 Å². The van der Waals surface area contributed by atoms with Gasteiger partial charge in [-0.15, -0.1) is 0 Å². The SMILES string of the molecule is CCNc1ccc(C(=O)N(C)C(C)CC(C)C)cc1. The molecule has 0 saturated heterocycles. The van der Waals surface area contributed by atoms with E-state index in [1.807, 2.05) is 36.2 Å². The Kier molecular flexibility index (Phi) is 5.87. The van der Waals surface area contributed by atoms with Gasteiger partial charge in [-0.2, -0.15) is 0 Å². The number of amides is 1. The van der Waals surface area contributed by atoms with Crippen LogP contribution in [-0.2, 0) is 0 Å².